The van der Waals surface area contributed by atoms with Gasteiger partial charge in [0.2, 0.25) is 0 Å². The van der Waals surface area contributed by atoms with Crippen LogP contribution in [0.1, 0.15) is 54.4 Å². The number of nitrogens with two attached hydrogens (primary N) is 1. The van der Waals surface area contributed by atoms with Crippen LogP contribution in [0.5, 0.6) is 0 Å². The molecule has 1 aliphatic rings. The third-order valence-electron chi connectivity index (χ3n) is 3.47. The molecule has 2 rings (SSSR count). The van der Waals surface area contributed by atoms with Crippen LogP contribution in [-0.2, 0) is 11.3 Å². The van der Waals surface area contributed by atoms with E-state index in [9.17, 15) is 4.79 Å². The predicted octanol–water partition coefficient (Wildman–Crippen LogP) is 3.02. The van der Waals surface area contributed by atoms with Gasteiger partial charge in [-0.1, -0.05) is 25.0 Å². The van der Waals surface area contributed by atoms with Gasteiger partial charge in [0, 0.05) is 6.54 Å². The Bertz CT molecular complexity index is 395. The normalized spacial score (nSPS) is 17.2. The van der Waals surface area contributed by atoms with Gasteiger partial charge in [-0.2, -0.15) is 0 Å². The van der Waals surface area contributed by atoms with Gasteiger partial charge in [-0.25, -0.2) is 4.79 Å². The monoisotopic (exact) mass is 247 g/mol. The molecular formula is C15H21NO2. The van der Waals surface area contributed by atoms with E-state index in [1.807, 2.05) is 18.2 Å². The Kier molecular flexibility index (Phi) is 4.76. The summed E-state index contributed by atoms with van der Waals surface area (Å²) in [5, 5.41) is 0. The zero-order chi connectivity index (χ0) is 12.8. The molecule has 0 amide bonds. The van der Waals surface area contributed by atoms with Crippen molar-refractivity contribution in [3.63, 3.8) is 0 Å². The number of rotatable bonds is 3. The van der Waals surface area contributed by atoms with Crippen LogP contribution in [0.4, 0.5) is 0 Å². The van der Waals surface area contributed by atoms with Crippen molar-refractivity contribution in [3.8, 4) is 0 Å². The summed E-state index contributed by atoms with van der Waals surface area (Å²) < 4.78 is 5.58. The van der Waals surface area contributed by atoms with Crippen molar-refractivity contribution in [2.24, 2.45) is 5.73 Å². The number of ether oxygens (including phenoxy) is 1. The molecule has 3 heteroatoms. The van der Waals surface area contributed by atoms with E-state index in [2.05, 4.69) is 0 Å². The minimum absolute atomic E-state index is 0.0986. The van der Waals surface area contributed by atoms with Crippen LogP contribution < -0.4 is 5.73 Å². The summed E-state index contributed by atoms with van der Waals surface area (Å²) >= 11 is 0. The van der Waals surface area contributed by atoms with E-state index >= 15 is 0 Å². The molecule has 1 fully saturated rings. The minimum atomic E-state index is -0.211. The van der Waals surface area contributed by atoms with Crippen molar-refractivity contribution in [1.29, 1.82) is 0 Å². The average molecular weight is 247 g/mol. The third-order valence-corrected chi connectivity index (χ3v) is 3.47. The van der Waals surface area contributed by atoms with Gasteiger partial charge in [-0.3, -0.25) is 0 Å². The smallest absolute Gasteiger partial charge is 0.338 e. The highest BCUT2D eigenvalue weighted by Crippen LogP contribution is 2.21. The van der Waals surface area contributed by atoms with Gasteiger partial charge < -0.3 is 10.5 Å². The number of esters is 1. The Morgan fingerprint density at radius 1 is 1.22 bits per heavy atom. The maximum atomic E-state index is 12.0. The van der Waals surface area contributed by atoms with Gasteiger partial charge in [-0.05, 0) is 43.4 Å². The first-order valence-corrected chi connectivity index (χ1v) is 6.79. The van der Waals surface area contributed by atoms with E-state index in [1.165, 1.54) is 25.7 Å². The fraction of sp³-hybridized carbons (Fsp3) is 0.533. The average Bonchev–Trinajstić information content (AvgIpc) is 2.67. The molecule has 3 nitrogen and oxygen atoms in total. The second kappa shape index (κ2) is 6.55. The standard InChI is InChI=1S/C15H21NO2/c16-11-12-6-5-7-13(10-12)15(17)18-14-8-3-1-2-4-9-14/h5-7,10,14H,1-4,8-9,11,16H2. The molecule has 1 aromatic carbocycles. The van der Waals surface area contributed by atoms with Crippen molar-refractivity contribution in [2.45, 2.75) is 51.2 Å². The highest BCUT2D eigenvalue weighted by atomic mass is 16.5. The highest BCUT2D eigenvalue weighted by Gasteiger charge is 2.17. The van der Waals surface area contributed by atoms with Crippen LogP contribution in [-0.4, -0.2) is 12.1 Å². The second-order valence-corrected chi connectivity index (χ2v) is 4.92. The summed E-state index contributed by atoms with van der Waals surface area (Å²) in [4.78, 5) is 12.0. The molecule has 0 radical (unpaired) electrons. The summed E-state index contributed by atoms with van der Waals surface area (Å²) in [5.41, 5.74) is 7.15. The predicted molar refractivity (Wildman–Crippen MR) is 71.2 cm³/mol. The van der Waals surface area contributed by atoms with Gasteiger partial charge in [0.1, 0.15) is 6.10 Å². The van der Waals surface area contributed by atoms with E-state index in [0.29, 0.717) is 12.1 Å². The summed E-state index contributed by atoms with van der Waals surface area (Å²) in [5.74, 6) is -0.211. The van der Waals surface area contributed by atoms with Crippen molar-refractivity contribution >= 4 is 5.97 Å². The summed E-state index contributed by atoms with van der Waals surface area (Å²) in [7, 11) is 0. The maximum absolute atomic E-state index is 12.0. The Morgan fingerprint density at radius 3 is 2.61 bits per heavy atom. The topological polar surface area (TPSA) is 52.3 Å². The lowest BCUT2D eigenvalue weighted by Gasteiger charge is -2.15. The first kappa shape index (κ1) is 13.1. The van der Waals surface area contributed by atoms with E-state index in [1.54, 1.807) is 6.07 Å². The van der Waals surface area contributed by atoms with Crippen LogP contribution in [0.3, 0.4) is 0 Å². The molecule has 0 heterocycles. The van der Waals surface area contributed by atoms with E-state index in [-0.39, 0.29) is 12.1 Å². The zero-order valence-corrected chi connectivity index (χ0v) is 10.7. The molecule has 0 aromatic heterocycles. The molecule has 1 aromatic rings. The van der Waals surface area contributed by atoms with Gasteiger partial charge in [-0.15, -0.1) is 0 Å². The van der Waals surface area contributed by atoms with Gasteiger partial charge >= 0.3 is 5.97 Å². The molecule has 18 heavy (non-hydrogen) atoms. The lowest BCUT2D eigenvalue weighted by molar-refractivity contribution is 0.0267. The first-order chi connectivity index (χ1) is 8.79. The van der Waals surface area contributed by atoms with Gasteiger partial charge in [0.05, 0.1) is 5.56 Å². The number of carbonyl (C=O) groups is 1. The fourth-order valence-corrected chi connectivity index (χ4v) is 2.40. The molecule has 0 unspecified atom stereocenters. The number of benzene rings is 1. The van der Waals surface area contributed by atoms with E-state index < -0.39 is 0 Å². The molecule has 0 atom stereocenters. The maximum Gasteiger partial charge on any atom is 0.338 e. The molecule has 1 saturated carbocycles. The summed E-state index contributed by atoms with van der Waals surface area (Å²) in [6.07, 6.45) is 6.96. The zero-order valence-electron chi connectivity index (χ0n) is 10.7. The number of carbonyl (C=O) groups excluding carboxylic acids is 1. The van der Waals surface area contributed by atoms with E-state index in [4.69, 9.17) is 10.5 Å². The quantitative estimate of drug-likeness (QED) is 0.660. The summed E-state index contributed by atoms with van der Waals surface area (Å²) in [6, 6.07) is 7.38. The van der Waals surface area contributed by atoms with Gasteiger partial charge in [0.25, 0.3) is 0 Å². The molecule has 0 spiro atoms. The van der Waals surface area contributed by atoms with Crippen molar-refractivity contribution in [1.82, 2.24) is 0 Å². The lowest BCUT2D eigenvalue weighted by atomic mass is 10.1. The van der Waals surface area contributed by atoms with Crippen LogP contribution >= 0.6 is 0 Å². The Balaban J connectivity index is 1.97. The SMILES string of the molecule is NCc1cccc(C(=O)OC2CCCCCC2)c1. The number of hydrogen-bond donors (Lipinski definition) is 1. The van der Waals surface area contributed by atoms with Gasteiger partial charge in [0.15, 0.2) is 0 Å². The Labute approximate surface area is 108 Å². The molecule has 0 aliphatic heterocycles. The summed E-state index contributed by atoms with van der Waals surface area (Å²) in [6.45, 7) is 0.449. The van der Waals surface area contributed by atoms with Crippen LogP contribution in [0, 0.1) is 0 Å². The Morgan fingerprint density at radius 2 is 1.94 bits per heavy atom. The fourth-order valence-electron chi connectivity index (χ4n) is 2.40. The largest absolute Gasteiger partial charge is 0.459 e. The van der Waals surface area contributed by atoms with Crippen molar-refractivity contribution in [3.05, 3.63) is 35.4 Å². The molecule has 0 saturated heterocycles. The minimum Gasteiger partial charge on any atom is -0.459 e. The van der Waals surface area contributed by atoms with Crippen molar-refractivity contribution in [2.75, 3.05) is 0 Å². The molecule has 0 bridgehead atoms. The molecule has 1 aliphatic carbocycles. The molecular weight excluding hydrogens is 226 g/mol. The van der Waals surface area contributed by atoms with Crippen LogP contribution in [0.15, 0.2) is 24.3 Å². The van der Waals surface area contributed by atoms with Crippen molar-refractivity contribution < 1.29 is 9.53 Å². The second-order valence-electron chi connectivity index (χ2n) is 4.92. The van der Waals surface area contributed by atoms with E-state index in [0.717, 1.165) is 18.4 Å². The third kappa shape index (κ3) is 3.57. The highest BCUT2D eigenvalue weighted by molar-refractivity contribution is 5.89. The number of hydrogen-bond acceptors (Lipinski definition) is 3. The first-order valence-electron chi connectivity index (χ1n) is 6.79. The van der Waals surface area contributed by atoms with Crippen LogP contribution in [0.25, 0.3) is 0 Å². The van der Waals surface area contributed by atoms with Crippen LogP contribution in [0.2, 0.25) is 0 Å². The lowest BCUT2D eigenvalue weighted by Crippen LogP contribution is -2.17. The Hall–Kier alpha value is -1.35. The molecule has 2 N–H and O–H groups in total. The molecule has 98 valence electrons.